The fourth-order valence-electron chi connectivity index (χ4n) is 3.82. The van der Waals surface area contributed by atoms with Crippen LogP contribution >= 0.6 is 0 Å². The molecule has 1 aromatic carbocycles. The van der Waals surface area contributed by atoms with E-state index in [4.69, 9.17) is 0 Å². The molecule has 1 atom stereocenters. The van der Waals surface area contributed by atoms with E-state index >= 15 is 0 Å². The normalized spacial score (nSPS) is 17.5. The Morgan fingerprint density at radius 2 is 2.00 bits per heavy atom. The number of fused-ring (bicyclic) bond motifs is 1. The van der Waals surface area contributed by atoms with Crippen molar-refractivity contribution in [2.75, 3.05) is 6.54 Å². The lowest BCUT2D eigenvalue weighted by Crippen LogP contribution is -2.44. The number of nitrogens with zero attached hydrogens (tertiary/aromatic N) is 3. The molecule has 0 radical (unpaired) electrons. The van der Waals surface area contributed by atoms with Crippen LogP contribution in [-0.4, -0.2) is 38.1 Å². The zero-order valence-corrected chi connectivity index (χ0v) is 14.7. The average molecular weight is 349 g/mol. The third kappa shape index (κ3) is 3.29. The Morgan fingerprint density at radius 3 is 2.85 bits per heavy atom. The number of pyridine rings is 1. The second kappa shape index (κ2) is 7.20. The van der Waals surface area contributed by atoms with Crippen LogP contribution in [0, 0.1) is 0 Å². The second-order valence-electron chi connectivity index (χ2n) is 6.94. The number of carbonyl (C=O) groups is 1. The summed E-state index contributed by atoms with van der Waals surface area (Å²) in [5, 5.41) is 13.7. The molecule has 134 valence electrons. The molecule has 0 unspecified atom stereocenters. The predicted molar refractivity (Wildman–Crippen MR) is 100 cm³/mol. The fraction of sp³-hybridized carbons (Fsp3) is 0.333. The molecule has 5 nitrogen and oxygen atoms in total. The highest BCUT2D eigenvalue weighted by Crippen LogP contribution is 2.25. The molecule has 3 aromatic rings. The highest BCUT2D eigenvalue weighted by atomic mass is 16.3. The van der Waals surface area contributed by atoms with Crippen molar-refractivity contribution in [2.24, 2.45) is 0 Å². The number of rotatable bonds is 4. The fourth-order valence-corrected chi connectivity index (χ4v) is 3.82. The number of aryl methyl sites for hydroxylation is 1. The minimum atomic E-state index is 0.0848. The van der Waals surface area contributed by atoms with Gasteiger partial charge >= 0.3 is 0 Å². The highest BCUT2D eigenvalue weighted by molar-refractivity contribution is 6.00. The molecule has 2 aromatic heterocycles. The molecule has 1 aliphatic heterocycles. The van der Waals surface area contributed by atoms with Crippen molar-refractivity contribution < 1.29 is 9.90 Å². The van der Waals surface area contributed by atoms with E-state index in [9.17, 15) is 9.90 Å². The Hall–Kier alpha value is -2.82. The van der Waals surface area contributed by atoms with E-state index in [1.165, 1.54) is 12.0 Å². The maximum Gasteiger partial charge on any atom is 0.257 e. The summed E-state index contributed by atoms with van der Waals surface area (Å²) in [5.41, 5.74) is 2.74. The molecule has 0 bridgehead atoms. The molecule has 1 aliphatic rings. The van der Waals surface area contributed by atoms with Gasteiger partial charge in [0.15, 0.2) is 0 Å². The van der Waals surface area contributed by atoms with Gasteiger partial charge in [-0.1, -0.05) is 18.2 Å². The van der Waals surface area contributed by atoms with Crippen molar-refractivity contribution in [3.8, 4) is 5.75 Å². The molecule has 1 N–H and O–H groups in total. The first kappa shape index (κ1) is 16.6. The number of aromatic nitrogens is 2. The SMILES string of the molecule is O=C(c1cnn2ccccc12)N1CCCC[C@@H]1CCc1ccc(O)cc1. The van der Waals surface area contributed by atoms with Crippen molar-refractivity contribution >= 4 is 11.4 Å². The summed E-state index contributed by atoms with van der Waals surface area (Å²) in [6.07, 6.45) is 8.66. The van der Waals surface area contributed by atoms with Gasteiger partial charge in [-0.15, -0.1) is 0 Å². The van der Waals surface area contributed by atoms with Gasteiger partial charge < -0.3 is 10.0 Å². The van der Waals surface area contributed by atoms with Crippen LogP contribution in [0.25, 0.3) is 5.52 Å². The number of hydrogen-bond donors (Lipinski definition) is 1. The second-order valence-corrected chi connectivity index (χ2v) is 6.94. The summed E-state index contributed by atoms with van der Waals surface area (Å²) in [7, 11) is 0. The van der Waals surface area contributed by atoms with Crippen LogP contribution < -0.4 is 0 Å². The number of carbonyl (C=O) groups excluding carboxylic acids is 1. The topological polar surface area (TPSA) is 57.8 Å². The quantitative estimate of drug-likeness (QED) is 0.782. The number of phenolic OH excluding ortho intramolecular Hbond substituents is 1. The van der Waals surface area contributed by atoms with Crippen molar-refractivity contribution in [2.45, 2.75) is 38.1 Å². The Bertz CT molecular complexity index is 901. The number of likely N-dealkylation sites (tertiary alicyclic amines) is 1. The minimum absolute atomic E-state index is 0.0848. The van der Waals surface area contributed by atoms with Gasteiger partial charge in [-0.3, -0.25) is 4.79 Å². The minimum Gasteiger partial charge on any atom is -0.508 e. The van der Waals surface area contributed by atoms with Crippen LogP contribution in [-0.2, 0) is 6.42 Å². The number of piperidine rings is 1. The molecule has 1 saturated heterocycles. The molecule has 5 heteroatoms. The number of amides is 1. The monoisotopic (exact) mass is 349 g/mol. The van der Waals surface area contributed by atoms with Gasteiger partial charge in [0.05, 0.1) is 17.3 Å². The van der Waals surface area contributed by atoms with Crippen LogP contribution in [0.3, 0.4) is 0 Å². The molecule has 0 aliphatic carbocycles. The van der Waals surface area contributed by atoms with Crippen molar-refractivity contribution in [1.82, 2.24) is 14.5 Å². The van der Waals surface area contributed by atoms with Crippen LogP contribution in [0.5, 0.6) is 5.75 Å². The Morgan fingerprint density at radius 1 is 1.15 bits per heavy atom. The lowest BCUT2D eigenvalue weighted by atomic mass is 9.95. The molecule has 0 spiro atoms. The third-order valence-electron chi connectivity index (χ3n) is 5.25. The smallest absolute Gasteiger partial charge is 0.257 e. The Labute approximate surface area is 152 Å². The van der Waals surface area contributed by atoms with E-state index in [0.29, 0.717) is 5.56 Å². The van der Waals surface area contributed by atoms with E-state index < -0.39 is 0 Å². The molecule has 0 saturated carbocycles. The average Bonchev–Trinajstić information content (AvgIpc) is 3.11. The van der Waals surface area contributed by atoms with Crippen LogP contribution in [0.15, 0.2) is 54.9 Å². The molecule has 1 fully saturated rings. The largest absolute Gasteiger partial charge is 0.508 e. The van der Waals surface area contributed by atoms with Gasteiger partial charge in [0.1, 0.15) is 5.75 Å². The lowest BCUT2D eigenvalue weighted by Gasteiger charge is -2.36. The zero-order chi connectivity index (χ0) is 17.9. The molecule has 26 heavy (non-hydrogen) atoms. The summed E-state index contributed by atoms with van der Waals surface area (Å²) >= 11 is 0. The summed E-state index contributed by atoms with van der Waals surface area (Å²) in [4.78, 5) is 15.2. The van der Waals surface area contributed by atoms with Crippen molar-refractivity contribution in [1.29, 1.82) is 0 Å². The Balaban J connectivity index is 1.51. The van der Waals surface area contributed by atoms with Crippen molar-refractivity contribution in [3.05, 3.63) is 66.0 Å². The van der Waals surface area contributed by atoms with Crippen LogP contribution in [0.1, 0.15) is 41.6 Å². The number of phenols is 1. The predicted octanol–water partition coefficient (Wildman–Crippen LogP) is 3.67. The first-order valence-electron chi connectivity index (χ1n) is 9.23. The summed E-state index contributed by atoms with van der Waals surface area (Å²) in [6.45, 7) is 0.809. The summed E-state index contributed by atoms with van der Waals surface area (Å²) in [6, 6.07) is 13.4. The zero-order valence-electron chi connectivity index (χ0n) is 14.7. The number of benzene rings is 1. The highest BCUT2D eigenvalue weighted by Gasteiger charge is 2.28. The van der Waals surface area contributed by atoms with Crippen LogP contribution in [0.4, 0.5) is 0 Å². The van der Waals surface area contributed by atoms with Crippen LogP contribution in [0.2, 0.25) is 0 Å². The Kier molecular flexibility index (Phi) is 4.61. The molecular formula is C21H23N3O2. The first-order chi connectivity index (χ1) is 12.7. The lowest BCUT2D eigenvalue weighted by molar-refractivity contribution is 0.0604. The van der Waals surface area contributed by atoms with E-state index in [2.05, 4.69) is 5.10 Å². The third-order valence-corrected chi connectivity index (χ3v) is 5.25. The molecular weight excluding hydrogens is 326 g/mol. The van der Waals surface area contributed by atoms with Gasteiger partial charge in [-0.05, 0) is 61.9 Å². The molecule has 4 rings (SSSR count). The van der Waals surface area contributed by atoms with Gasteiger partial charge in [-0.25, -0.2) is 4.52 Å². The summed E-state index contributed by atoms with van der Waals surface area (Å²) < 4.78 is 1.75. The maximum absolute atomic E-state index is 13.2. The van der Waals surface area contributed by atoms with E-state index in [0.717, 1.165) is 37.7 Å². The van der Waals surface area contributed by atoms with Gasteiger partial charge in [0, 0.05) is 18.8 Å². The summed E-state index contributed by atoms with van der Waals surface area (Å²) in [5.74, 6) is 0.373. The molecule has 1 amide bonds. The van der Waals surface area contributed by atoms with Gasteiger partial charge in [0.2, 0.25) is 0 Å². The van der Waals surface area contributed by atoms with E-state index in [1.807, 2.05) is 41.4 Å². The van der Waals surface area contributed by atoms with Gasteiger partial charge in [-0.2, -0.15) is 5.10 Å². The maximum atomic E-state index is 13.2. The molecule has 3 heterocycles. The van der Waals surface area contributed by atoms with E-state index in [1.54, 1.807) is 22.8 Å². The van der Waals surface area contributed by atoms with Gasteiger partial charge in [0.25, 0.3) is 5.91 Å². The number of aromatic hydroxyl groups is 1. The van der Waals surface area contributed by atoms with E-state index in [-0.39, 0.29) is 17.7 Å². The first-order valence-corrected chi connectivity index (χ1v) is 9.23. The number of hydrogen-bond acceptors (Lipinski definition) is 3. The van der Waals surface area contributed by atoms with Crippen molar-refractivity contribution in [3.63, 3.8) is 0 Å². The standard InChI is InChI=1S/C21H23N3O2/c25-18-11-8-16(9-12-18)7-10-17-5-1-3-13-23(17)21(26)19-15-22-24-14-4-2-6-20(19)24/h2,4,6,8-9,11-12,14-15,17,25H,1,3,5,7,10,13H2/t17-/m1/s1.